The number of benzene rings is 1. The Morgan fingerprint density at radius 3 is 2.70 bits per heavy atom. The van der Waals surface area contributed by atoms with Gasteiger partial charge in [-0.25, -0.2) is 15.0 Å². The van der Waals surface area contributed by atoms with Crippen molar-refractivity contribution in [2.45, 2.75) is 24.7 Å². The van der Waals surface area contributed by atoms with Crippen LogP contribution in [0.2, 0.25) is 0 Å². The Balaban J connectivity index is 1.52. The molecule has 0 unspecified atom stereocenters. The van der Waals surface area contributed by atoms with Gasteiger partial charge in [0.25, 0.3) is 0 Å². The van der Waals surface area contributed by atoms with Crippen LogP contribution in [0, 0.1) is 11.9 Å². The Hall–Kier alpha value is -3.25. The first-order chi connectivity index (χ1) is 16.0. The van der Waals surface area contributed by atoms with Crippen LogP contribution in [0.1, 0.15) is 6.42 Å². The maximum atomic E-state index is 13.5. The van der Waals surface area contributed by atoms with E-state index in [1.807, 2.05) is 24.3 Å². The number of aliphatic hydroxyl groups is 3. The summed E-state index contributed by atoms with van der Waals surface area (Å²) in [5, 5.41) is 37.0. The van der Waals surface area contributed by atoms with Crippen molar-refractivity contribution in [3.05, 3.63) is 54.7 Å². The predicted molar refractivity (Wildman–Crippen MR) is 123 cm³/mol. The number of hydrogen-bond acceptors (Lipinski definition) is 10. The van der Waals surface area contributed by atoms with Gasteiger partial charge in [0.2, 0.25) is 11.9 Å². The van der Waals surface area contributed by atoms with E-state index in [0.29, 0.717) is 28.5 Å². The molecule has 3 heterocycles. The minimum Gasteiger partial charge on any atom is -0.396 e. The first-order valence-corrected chi connectivity index (χ1v) is 11.2. The Morgan fingerprint density at radius 1 is 1.09 bits per heavy atom. The summed E-state index contributed by atoms with van der Waals surface area (Å²) in [6.45, 7) is -0.231. The average molecular weight is 469 g/mol. The zero-order valence-electron chi connectivity index (χ0n) is 17.3. The molecule has 1 saturated carbocycles. The summed E-state index contributed by atoms with van der Waals surface area (Å²) in [4.78, 5) is 17.1. The van der Waals surface area contributed by atoms with Crippen LogP contribution >= 0.6 is 11.3 Å². The Labute approximate surface area is 192 Å². The standard InChI is InChI=1S/C22H21FN6O3S/c23-17-8-12(5-6-24-17)26-22-25-9-13(21-28-14-3-1-2-4-16(14)33-21)20(29-22)27-15-7-11(10-30)18(31)19(15)32/h1-6,8-9,11,15,18-19,30-32H,7,10H2,(H2,24,25,26,27,29)/t11-,15-,18-,19+/m1/s1. The monoisotopic (exact) mass is 468 g/mol. The molecule has 3 aromatic heterocycles. The third kappa shape index (κ3) is 4.35. The highest BCUT2D eigenvalue weighted by molar-refractivity contribution is 7.21. The average Bonchev–Trinajstić information content (AvgIpc) is 3.35. The molecule has 11 heteroatoms. The van der Waals surface area contributed by atoms with Gasteiger partial charge >= 0.3 is 0 Å². The summed E-state index contributed by atoms with van der Waals surface area (Å²) in [6, 6.07) is 10.0. The second kappa shape index (κ2) is 8.94. The molecule has 0 spiro atoms. The van der Waals surface area contributed by atoms with E-state index in [0.717, 1.165) is 10.2 Å². The lowest BCUT2D eigenvalue weighted by atomic mass is 10.1. The summed E-state index contributed by atoms with van der Waals surface area (Å²) in [7, 11) is 0. The molecule has 0 radical (unpaired) electrons. The number of rotatable bonds is 6. The lowest BCUT2D eigenvalue weighted by molar-refractivity contribution is 0.00446. The fourth-order valence-corrected chi connectivity index (χ4v) is 4.91. The number of nitrogens with zero attached hydrogens (tertiary/aromatic N) is 4. The third-order valence-corrected chi connectivity index (χ3v) is 6.72. The van der Waals surface area contributed by atoms with Crippen molar-refractivity contribution in [3.63, 3.8) is 0 Å². The van der Waals surface area contributed by atoms with Gasteiger partial charge in [-0.3, -0.25) is 0 Å². The molecule has 1 fully saturated rings. The fourth-order valence-electron chi connectivity index (χ4n) is 3.93. The van der Waals surface area contributed by atoms with E-state index >= 15 is 0 Å². The number of halogens is 1. The zero-order chi connectivity index (χ0) is 22.9. The molecule has 1 aliphatic carbocycles. The lowest BCUT2D eigenvalue weighted by Crippen LogP contribution is -2.35. The minimum absolute atomic E-state index is 0.208. The van der Waals surface area contributed by atoms with Gasteiger partial charge in [0.15, 0.2) is 0 Å². The van der Waals surface area contributed by atoms with Crippen molar-refractivity contribution >= 4 is 39.0 Å². The normalized spacial score (nSPS) is 22.5. The van der Waals surface area contributed by atoms with Crippen LogP contribution in [0.5, 0.6) is 0 Å². The number of anilines is 3. The van der Waals surface area contributed by atoms with Crippen LogP contribution in [-0.2, 0) is 0 Å². The highest BCUT2D eigenvalue weighted by Gasteiger charge is 2.41. The highest BCUT2D eigenvalue weighted by atomic mass is 32.1. The van der Waals surface area contributed by atoms with Gasteiger partial charge in [-0.2, -0.15) is 9.37 Å². The van der Waals surface area contributed by atoms with E-state index in [1.165, 1.54) is 23.6 Å². The molecule has 1 aliphatic rings. The number of fused-ring (bicyclic) bond motifs is 1. The lowest BCUT2D eigenvalue weighted by Gasteiger charge is -2.20. The summed E-state index contributed by atoms with van der Waals surface area (Å²) in [6.07, 6.45) is 1.18. The Morgan fingerprint density at radius 2 is 1.94 bits per heavy atom. The molecule has 5 rings (SSSR count). The van der Waals surface area contributed by atoms with Gasteiger partial charge in [-0.1, -0.05) is 12.1 Å². The van der Waals surface area contributed by atoms with Gasteiger partial charge in [0, 0.05) is 36.7 Å². The van der Waals surface area contributed by atoms with Crippen molar-refractivity contribution in [1.29, 1.82) is 0 Å². The van der Waals surface area contributed by atoms with Crippen LogP contribution in [0.3, 0.4) is 0 Å². The van der Waals surface area contributed by atoms with Crippen molar-refractivity contribution in [3.8, 4) is 10.6 Å². The molecular formula is C22H21FN6O3S. The van der Waals surface area contributed by atoms with Crippen molar-refractivity contribution in [2.24, 2.45) is 5.92 Å². The van der Waals surface area contributed by atoms with E-state index in [4.69, 9.17) is 0 Å². The molecule has 0 amide bonds. The van der Waals surface area contributed by atoms with Crippen molar-refractivity contribution in [1.82, 2.24) is 19.9 Å². The Kier molecular flexibility index (Phi) is 5.85. The molecule has 4 aromatic rings. The van der Waals surface area contributed by atoms with E-state index in [9.17, 15) is 19.7 Å². The summed E-state index contributed by atoms with van der Waals surface area (Å²) >= 11 is 1.48. The van der Waals surface area contributed by atoms with E-state index in [-0.39, 0.29) is 12.6 Å². The van der Waals surface area contributed by atoms with Crippen LogP contribution in [-0.4, -0.2) is 60.1 Å². The van der Waals surface area contributed by atoms with Gasteiger partial charge in [0.05, 0.1) is 27.9 Å². The predicted octanol–water partition coefficient (Wildman–Crippen LogP) is 2.55. The van der Waals surface area contributed by atoms with Crippen LogP contribution < -0.4 is 10.6 Å². The SMILES string of the molecule is OC[C@H]1C[C@@H](Nc2nc(Nc3ccnc(F)c3)ncc2-c2nc3ccccc3s2)[C@H](O)[C@@H]1O. The topological polar surface area (TPSA) is 136 Å². The number of thiazole rings is 1. The van der Waals surface area contributed by atoms with E-state index in [2.05, 4.69) is 30.6 Å². The summed E-state index contributed by atoms with van der Waals surface area (Å²) < 4.78 is 14.5. The van der Waals surface area contributed by atoms with E-state index in [1.54, 1.807) is 12.3 Å². The second-order valence-electron chi connectivity index (χ2n) is 7.85. The molecule has 1 aromatic carbocycles. The zero-order valence-corrected chi connectivity index (χ0v) is 18.1. The number of aliphatic hydroxyl groups excluding tert-OH is 3. The fraction of sp³-hybridized carbons (Fsp3) is 0.273. The van der Waals surface area contributed by atoms with Crippen LogP contribution in [0.25, 0.3) is 20.8 Å². The maximum absolute atomic E-state index is 13.5. The molecule has 9 nitrogen and oxygen atoms in total. The van der Waals surface area contributed by atoms with Gasteiger partial charge in [-0.15, -0.1) is 11.3 Å². The minimum atomic E-state index is -1.08. The van der Waals surface area contributed by atoms with Gasteiger partial charge < -0.3 is 26.0 Å². The van der Waals surface area contributed by atoms with Gasteiger partial charge in [0.1, 0.15) is 16.9 Å². The molecule has 0 aliphatic heterocycles. The van der Waals surface area contributed by atoms with Crippen LogP contribution in [0.15, 0.2) is 48.8 Å². The largest absolute Gasteiger partial charge is 0.396 e. The number of para-hydroxylation sites is 1. The third-order valence-electron chi connectivity index (χ3n) is 5.65. The number of nitrogens with one attached hydrogen (secondary N) is 2. The summed E-state index contributed by atoms with van der Waals surface area (Å²) in [5.41, 5.74) is 1.89. The molecule has 0 bridgehead atoms. The molecule has 4 atom stereocenters. The summed E-state index contributed by atoms with van der Waals surface area (Å²) in [5.74, 6) is -0.471. The van der Waals surface area contributed by atoms with Crippen molar-refractivity contribution in [2.75, 3.05) is 17.2 Å². The second-order valence-corrected chi connectivity index (χ2v) is 8.88. The van der Waals surface area contributed by atoms with Gasteiger partial charge in [-0.05, 0) is 24.6 Å². The molecule has 5 N–H and O–H groups in total. The molecule has 170 valence electrons. The van der Waals surface area contributed by atoms with Crippen molar-refractivity contribution < 1.29 is 19.7 Å². The maximum Gasteiger partial charge on any atom is 0.229 e. The molecular weight excluding hydrogens is 447 g/mol. The molecule has 33 heavy (non-hydrogen) atoms. The number of aromatic nitrogens is 4. The quantitative estimate of drug-likeness (QED) is 0.270. The number of pyridine rings is 1. The highest BCUT2D eigenvalue weighted by Crippen LogP contribution is 2.36. The molecule has 0 saturated heterocycles. The van der Waals surface area contributed by atoms with E-state index < -0.39 is 30.1 Å². The first-order valence-electron chi connectivity index (χ1n) is 10.4. The number of hydrogen-bond donors (Lipinski definition) is 5. The first kappa shape index (κ1) is 21.6. The smallest absolute Gasteiger partial charge is 0.229 e. The van der Waals surface area contributed by atoms with Crippen LogP contribution in [0.4, 0.5) is 21.8 Å². The Bertz CT molecular complexity index is 1250.